The number of hydrogen-bond acceptors (Lipinski definition) is 4. The van der Waals surface area contributed by atoms with E-state index in [1.165, 1.54) is 35.0 Å². The van der Waals surface area contributed by atoms with Gasteiger partial charge in [-0.25, -0.2) is 9.67 Å². The van der Waals surface area contributed by atoms with E-state index in [-0.39, 0.29) is 11.5 Å². The van der Waals surface area contributed by atoms with Gasteiger partial charge in [0, 0.05) is 34.4 Å². The molecular formula is C28H22N6O2. The van der Waals surface area contributed by atoms with Crippen molar-refractivity contribution in [2.45, 2.75) is 13.5 Å². The van der Waals surface area contributed by atoms with Crippen LogP contribution in [0.4, 0.5) is 5.69 Å². The Labute approximate surface area is 205 Å². The van der Waals surface area contributed by atoms with E-state index in [1.54, 1.807) is 16.8 Å². The van der Waals surface area contributed by atoms with Crippen LogP contribution < -0.4 is 10.9 Å². The van der Waals surface area contributed by atoms with Gasteiger partial charge in [-0.3, -0.25) is 9.59 Å². The molecule has 0 aliphatic rings. The topological polar surface area (TPSA) is 97.6 Å². The van der Waals surface area contributed by atoms with E-state index in [0.717, 1.165) is 17.5 Å². The van der Waals surface area contributed by atoms with E-state index in [1.807, 2.05) is 30.3 Å². The minimum atomic E-state index is -0.277. The van der Waals surface area contributed by atoms with Crippen molar-refractivity contribution < 1.29 is 4.79 Å². The highest BCUT2D eigenvalue weighted by molar-refractivity contribution is 6.09. The highest BCUT2D eigenvalue weighted by Crippen LogP contribution is 2.30. The molecule has 0 radical (unpaired) electrons. The zero-order chi connectivity index (χ0) is 24.6. The molecule has 6 rings (SSSR count). The average Bonchev–Trinajstić information content (AvgIpc) is 3.47. The van der Waals surface area contributed by atoms with Crippen molar-refractivity contribution in [2.75, 3.05) is 5.32 Å². The first kappa shape index (κ1) is 21.5. The average molecular weight is 475 g/mol. The van der Waals surface area contributed by atoms with Crippen molar-refractivity contribution in [1.29, 1.82) is 0 Å². The van der Waals surface area contributed by atoms with Crippen molar-refractivity contribution in [3.63, 3.8) is 0 Å². The van der Waals surface area contributed by atoms with E-state index < -0.39 is 0 Å². The van der Waals surface area contributed by atoms with Gasteiger partial charge >= 0.3 is 0 Å². The standard InChI is InChI=1S/C28H22N6O2/c1-2-33-23-9-5-3-7-19(23)20-15-18(11-13-24(20)33)12-14-26(35)32-22-8-4-6-10-25(22)34-27-21(16-31-34)28(36)30-17-29-27/h3-17H,2H2,1H3,(H,32,35)(H,29,30,36)/b14-12+. The van der Waals surface area contributed by atoms with Crippen molar-refractivity contribution in [3.05, 3.63) is 101 Å². The Morgan fingerprint density at radius 2 is 1.81 bits per heavy atom. The second-order valence-electron chi connectivity index (χ2n) is 8.40. The van der Waals surface area contributed by atoms with Crippen molar-refractivity contribution in [1.82, 2.24) is 24.3 Å². The summed E-state index contributed by atoms with van der Waals surface area (Å²) in [5.41, 5.74) is 4.62. The number of para-hydroxylation sites is 3. The van der Waals surface area contributed by atoms with Crippen molar-refractivity contribution in [2.24, 2.45) is 0 Å². The van der Waals surface area contributed by atoms with Crippen LogP contribution in [-0.2, 0) is 11.3 Å². The summed E-state index contributed by atoms with van der Waals surface area (Å²) in [6, 6.07) is 21.8. The first-order chi connectivity index (χ1) is 17.6. The third-order valence-corrected chi connectivity index (χ3v) is 6.30. The van der Waals surface area contributed by atoms with Gasteiger partial charge in [0.15, 0.2) is 5.65 Å². The molecule has 6 aromatic rings. The molecule has 0 aliphatic heterocycles. The molecule has 0 unspecified atom stereocenters. The number of anilines is 1. The van der Waals surface area contributed by atoms with Crippen LogP contribution in [0, 0.1) is 0 Å². The lowest BCUT2D eigenvalue weighted by Crippen LogP contribution is -2.12. The number of carbonyl (C=O) groups excluding carboxylic acids is 1. The number of benzene rings is 3. The smallest absolute Gasteiger partial charge is 0.261 e. The van der Waals surface area contributed by atoms with Gasteiger partial charge in [0.25, 0.3) is 5.56 Å². The number of nitrogens with zero attached hydrogens (tertiary/aromatic N) is 4. The summed E-state index contributed by atoms with van der Waals surface area (Å²) in [4.78, 5) is 31.7. The fourth-order valence-electron chi connectivity index (χ4n) is 4.66. The van der Waals surface area contributed by atoms with Crippen LogP contribution in [0.2, 0.25) is 0 Å². The Bertz CT molecular complexity index is 1860. The Morgan fingerprint density at radius 3 is 2.69 bits per heavy atom. The van der Waals surface area contributed by atoms with Crippen molar-refractivity contribution in [3.8, 4) is 5.69 Å². The second-order valence-corrected chi connectivity index (χ2v) is 8.40. The number of H-pyrrole nitrogens is 1. The highest BCUT2D eigenvalue weighted by atomic mass is 16.1. The lowest BCUT2D eigenvalue weighted by atomic mass is 10.1. The number of nitrogens with one attached hydrogen (secondary N) is 2. The number of fused-ring (bicyclic) bond motifs is 4. The maximum atomic E-state index is 12.8. The van der Waals surface area contributed by atoms with Crippen LogP contribution in [0.3, 0.4) is 0 Å². The lowest BCUT2D eigenvalue weighted by Gasteiger charge is -2.10. The SMILES string of the molecule is CCn1c2ccccc2c2cc(/C=C/C(=O)Nc3ccccc3-n3ncc4c(=O)[nH]cnc43)ccc21. The van der Waals surface area contributed by atoms with Gasteiger partial charge in [0.1, 0.15) is 5.39 Å². The number of carbonyl (C=O) groups is 1. The van der Waals surface area contributed by atoms with Crippen LogP contribution in [0.15, 0.2) is 90.1 Å². The van der Waals surface area contributed by atoms with Gasteiger partial charge in [-0.15, -0.1) is 0 Å². The van der Waals surface area contributed by atoms with Crippen LogP contribution in [0.25, 0.3) is 44.6 Å². The Kier molecular flexibility index (Phi) is 5.19. The maximum absolute atomic E-state index is 12.8. The fourth-order valence-corrected chi connectivity index (χ4v) is 4.66. The molecule has 0 bridgehead atoms. The number of aromatic amines is 1. The molecular weight excluding hydrogens is 452 g/mol. The first-order valence-electron chi connectivity index (χ1n) is 11.6. The molecule has 1 amide bonds. The van der Waals surface area contributed by atoms with E-state index in [2.05, 4.69) is 62.2 Å². The van der Waals surface area contributed by atoms with Gasteiger partial charge in [-0.1, -0.05) is 36.4 Å². The Hall–Kier alpha value is -4.98. The lowest BCUT2D eigenvalue weighted by molar-refractivity contribution is -0.111. The van der Waals surface area contributed by atoms with E-state index in [9.17, 15) is 9.59 Å². The van der Waals surface area contributed by atoms with Gasteiger partial charge in [0.2, 0.25) is 5.91 Å². The van der Waals surface area contributed by atoms with Gasteiger partial charge in [-0.05, 0) is 48.9 Å². The molecule has 0 fully saturated rings. The number of aromatic nitrogens is 5. The number of amides is 1. The minimum Gasteiger partial charge on any atom is -0.341 e. The zero-order valence-corrected chi connectivity index (χ0v) is 19.5. The van der Waals surface area contributed by atoms with E-state index >= 15 is 0 Å². The van der Waals surface area contributed by atoms with Crippen LogP contribution in [0.5, 0.6) is 0 Å². The molecule has 3 aromatic carbocycles. The second kappa shape index (κ2) is 8.66. The van der Waals surface area contributed by atoms with E-state index in [4.69, 9.17) is 0 Å². The molecule has 36 heavy (non-hydrogen) atoms. The molecule has 176 valence electrons. The molecule has 0 aliphatic carbocycles. The third-order valence-electron chi connectivity index (χ3n) is 6.30. The van der Waals surface area contributed by atoms with Gasteiger partial charge in [-0.2, -0.15) is 5.10 Å². The number of hydrogen-bond donors (Lipinski definition) is 2. The Balaban J connectivity index is 1.30. The van der Waals surface area contributed by atoms with E-state index in [0.29, 0.717) is 22.4 Å². The van der Waals surface area contributed by atoms with Gasteiger partial charge < -0.3 is 14.9 Å². The minimum absolute atomic E-state index is 0.269. The first-order valence-corrected chi connectivity index (χ1v) is 11.6. The summed E-state index contributed by atoms with van der Waals surface area (Å²) in [5, 5.41) is 9.97. The third kappa shape index (κ3) is 3.56. The predicted octanol–water partition coefficient (Wildman–Crippen LogP) is 4.89. The van der Waals surface area contributed by atoms with Crippen molar-refractivity contribution >= 4 is 50.5 Å². The normalized spacial score (nSPS) is 11.7. The summed E-state index contributed by atoms with van der Waals surface area (Å²) >= 11 is 0. The largest absolute Gasteiger partial charge is 0.341 e. The molecule has 2 N–H and O–H groups in total. The predicted molar refractivity (Wildman–Crippen MR) is 142 cm³/mol. The summed E-state index contributed by atoms with van der Waals surface area (Å²) in [6.07, 6.45) is 6.12. The van der Waals surface area contributed by atoms with Crippen LogP contribution in [-0.4, -0.2) is 30.2 Å². The summed E-state index contributed by atoms with van der Waals surface area (Å²) in [6.45, 7) is 3.03. The Morgan fingerprint density at radius 1 is 1.00 bits per heavy atom. The zero-order valence-electron chi connectivity index (χ0n) is 19.5. The number of rotatable bonds is 5. The molecule has 0 saturated carbocycles. The van der Waals surface area contributed by atoms with Crippen LogP contribution in [0.1, 0.15) is 12.5 Å². The number of aryl methyl sites for hydroxylation is 1. The highest BCUT2D eigenvalue weighted by Gasteiger charge is 2.13. The molecule has 0 atom stereocenters. The van der Waals surface area contributed by atoms with Crippen LogP contribution >= 0.6 is 0 Å². The summed E-state index contributed by atoms with van der Waals surface area (Å²) in [5.74, 6) is -0.277. The maximum Gasteiger partial charge on any atom is 0.261 e. The molecule has 8 nitrogen and oxygen atoms in total. The molecule has 3 aromatic heterocycles. The monoisotopic (exact) mass is 474 g/mol. The summed E-state index contributed by atoms with van der Waals surface area (Å²) in [7, 11) is 0. The molecule has 8 heteroatoms. The fraction of sp³-hybridized carbons (Fsp3) is 0.0714. The molecule has 3 heterocycles. The molecule has 0 saturated heterocycles. The van der Waals surface area contributed by atoms with Gasteiger partial charge in [0.05, 0.1) is 23.9 Å². The quantitative estimate of drug-likeness (QED) is 0.348. The molecule has 0 spiro atoms. The summed E-state index contributed by atoms with van der Waals surface area (Å²) < 4.78 is 3.84.